The molecule has 172 valence electrons. The monoisotopic (exact) mass is 457 g/mol. The van der Waals surface area contributed by atoms with Crippen LogP contribution in [0.2, 0.25) is 0 Å². The molecule has 0 unspecified atom stereocenters. The van der Waals surface area contributed by atoms with Crippen molar-refractivity contribution in [2.75, 3.05) is 12.4 Å². The molecule has 3 heterocycles. The number of aromatic nitrogens is 6. The molecule has 0 aliphatic carbocycles. The molecule has 4 rings (SSSR count). The van der Waals surface area contributed by atoms with Crippen LogP contribution >= 0.6 is 0 Å². The van der Waals surface area contributed by atoms with E-state index in [2.05, 4.69) is 25.4 Å². The second-order valence-corrected chi connectivity index (χ2v) is 7.65. The summed E-state index contributed by atoms with van der Waals surface area (Å²) in [5.41, 5.74) is 1.12. The van der Waals surface area contributed by atoms with Gasteiger partial charge in [-0.1, -0.05) is 12.1 Å². The van der Waals surface area contributed by atoms with Gasteiger partial charge in [0.1, 0.15) is 11.5 Å². The number of aryl methyl sites for hydroxylation is 1. The Labute approximate surface area is 188 Å². The molecule has 8 nitrogen and oxygen atoms in total. The lowest BCUT2D eigenvalue weighted by Gasteiger charge is -2.11. The molecule has 33 heavy (non-hydrogen) atoms. The van der Waals surface area contributed by atoms with Crippen molar-refractivity contribution in [1.82, 2.24) is 29.3 Å². The summed E-state index contributed by atoms with van der Waals surface area (Å²) < 4.78 is 48.3. The minimum absolute atomic E-state index is 0.132. The molecule has 3 aromatic heterocycles. The lowest BCUT2D eigenvalue weighted by Crippen LogP contribution is -2.07. The van der Waals surface area contributed by atoms with Crippen molar-refractivity contribution in [1.29, 1.82) is 0 Å². The van der Waals surface area contributed by atoms with Gasteiger partial charge in [0.25, 0.3) is 0 Å². The van der Waals surface area contributed by atoms with E-state index >= 15 is 0 Å². The van der Waals surface area contributed by atoms with Gasteiger partial charge in [0.2, 0.25) is 11.8 Å². The molecule has 0 saturated carbocycles. The fraction of sp³-hybridized carbons (Fsp3) is 0.273. The molecule has 0 radical (unpaired) electrons. The van der Waals surface area contributed by atoms with E-state index in [1.54, 1.807) is 27.7 Å². The van der Waals surface area contributed by atoms with Gasteiger partial charge in [0.15, 0.2) is 5.82 Å². The van der Waals surface area contributed by atoms with Crippen LogP contribution < -0.4 is 10.1 Å². The summed E-state index contributed by atoms with van der Waals surface area (Å²) in [5, 5.41) is 7.44. The Morgan fingerprint density at radius 2 is 1.88 bits per heavy atom. The topological polar surface area (TPSA) is 82.7 Å². The number of imidazole rings is 1. The Morgan fingerprint density at radius 3 is 2.52 bits per heavy atom. The number of halogens is 3. The van der Waals surface area contributed by atoms with E-state index in [0.717, 1.165) is 17.8 Å². The number of methoxy groups -OCH3 is 1. The number of benzene rings is 1. The second-order valence-electron chi connectivity index (χ2n) is 7.65. The van der Waals surface area contributed by atoms with Gasteiger partial charge in [-0.05, 0) is 45.0 Å². The van der Waals surface area contributed by atoms with E-state index in [1.165, 1.54) is 13.2 Å². The van der Waals surface area contributed by atoms with Crippen LogP contribution in [0.3, 0.4) is 0 Å². The van der Waals surface area contributed by atoms with E-state index in [1.807, 2.05) is 33.0 Å². The summed E-state index contributed by atoms with van der Waals surface area (Å²) in [6.45, 7) is 5.63. The highest BCUT2D eigenvalue weighted by Crippen LogP contribution is 2.33. The van der Waals surface area contributed by atoms with Crippen LogP contribution in [-0.2, 0) is 6.18 Å². The van der Waals surface area contributed by atoms with Crippen LogP contribution in [0.1, 0.15) is 31.1 Å². The number of nitrogens with one attached hydrogen (secondary N) is 1. The van der Waals surface area contributed by atoms with Gasteiger partial charge < -0.3 is 14.6 Å². The molecule has 0 bridgehead atoms. The van der Waals surface area contributed by atoms with E-state index in [4.69, 9.17) is 4.74 Å². The lowest BCUT2D eigenvalue weighted by atomic mass is 10.1. The number of nitrogens with zero attached hydrogens (tertiary/aromatic N) is 6. The van der Waals surface area contributed by atoms with E-state index in [0.29, 0.717) is 28.8 Å². The third kappa shape index (κ3) is 4.66. The molecule has 4 aromatic rings. The molecule has 0 saturated heterocycles. The first kappa shape index (κ1) is 22.3. The van der Waals surface area contributed by atoms with Gasteiger partial charge in [0, 0.05) is 17.8 Å². The Morgan fingerprint density at radius 1 is 1.09 bits per heavy atom. The van der Waals surface area contributed by atoms with Gasteiger partial charge >= 0.3 is 6.18 Å². The number of hydrogen-bond acceptors (Lipinski definition) is 6. The maximum Gasteiger partial charge on any atom is 0.416 e. The van der Waals surface area contributed by atoms with Crippen LogP contribution in [0.15, 0.2) is 48.9 Å². The first-order valence-electron chi connectivity index (χ1n) is 10.1. The quantitative estimate of drug-likeness (QED) is 0.429. The molecule has 0 aliphatic heterocycles. The minimum Gasteiger partial charge on any atom is -0.479 e. The third-order valence-corrected chi connectivity index (χ3v) is 4.83. The van der Waals surface area contributed by atoms with Crippen molar-refractivity contribution in [3.8, 4) is 23.0 Å². The Kier molecular flexibility index (Phi) is 5.79. The van der Waals surface area contributed by atoms with Crippen molar-refractivity contribution in [3.63, 3.8) is 0 Å². The molecule has 0 fully saturated rings. The van der Waals surface area contributed by atoms with Gasteiger partial charge in [-0.15, -0.1) is 5.10 Å². The van der Waals surface area contributed by atoms with Gasteiger partial charge in [0.05, 0.1) is 24.7 Å². The fourth-order valence-electron chi connectivity index (χ4n) is 3.28. The lowest BCUT2D eigenvalue weighted by molar-refractivity contribution is -0.137. The number of ether oxygens (including phenoxy) is 1. The molecule has 1 aromatic carbocycles. The van der Waals surface area contributed by atoms with Crippen LogP contribution in [0.25, 0.3) is 17.1 Å². The predicted octanol–water partition coefficient (Wildman–Crippen LogP) is 5.19. The normalized spacial score (nSPS) is 11.8. The van der Waals surface area contributed by atoms with Crippen molar-refractivity contribution in [2.45, 2.75) is 33.0 Å². The summed E-state index contributed by atoms with van der Waals surface area (Å²) in [7, 11) is 1.51. The maximum atomic E-state index is 13.2. The second kappa shape index (κ2) is 8.57. The molecular weight excluding hydrogens is 435 g/mol. The minimum atomic E-state index is -4.45. The van der Waals surface area contributed by atoms with Crippen molar-refractivity contribution < 1.29 is 17.9 Å². The highest BCUT2D eigenvalue weighted by atomic mass is 19.4. The zero-order valence-electron chi connectivity index (χ0n) is 18.4. The Hall–Kier alpha value is -3.89. The average Bonchev–Trinajstić information content (AvgIpc) is 3.39. The number of hydrogen-bond donors (Lipinski definition) is 1. The van der Waals surface area contributed by atoms with E-state index < -0.39 is 11.7 Å². The number of alkyl halides is 3. The van der Waals surface area contributed by atoms with Crippen LogP contribution in [0, 0.1) is 6.92 Å². The first-order valence-corrected chi connectivity index (χ1v) is 10.1. The molecule has 1 N–H and O–H groups in total. The smallest absolute Gasteiger partial charge is 0.416 e. The largest absolute Gasteiger partial charge is 0.479 e. The fourth-order valence-corrected chi connectivity index (χ4v) is 3.28. The number of pyridine rings is 1. The maximum absolute atomic E-state index is 13.2. The van der Waals surface area contributed by atoms with Gasteiger partial charge in [-0.2, -0.15) is 23.1 Å². The van der Waals surface area contributed by atoms with Gasteiger partial charge in [-0.3, -0.25) is 0 Å². The van der Waals surface area contributed by atoms with E-state index in [-0.39, 0.29) is 12.0 Å². The summed E-state index contributed by atoms with van der Waals surface area (Å²) >= 11 is 0. The van der Waals surface area contributed by atoms with Crippen LogP contribution in [0.5, 0.6) is 5.88 Å². The highest BCUT2D eigenvalue weighted by molar-refractivity contribution is 5.61. The SMILES string of the molecule is COc1nc(Nc2nc(-c3cccc(C(F)(F)F)c3)n(C(C)C)n2)ccc1-n1cnc(C)c1. The molecule has 0 spiro atoms. The van der Waals surface area contributed by atoms with Crippen LogP contribution in [0.4, 0.5) is 24.9 Å². The van der Waals surface area contributed by atoms with Crippen LogP contribution in [-0.4, -0.2) is 36.4 Å². The predicted molar refractivity (Wildman–Crippen MR) is 117 cm³/mol. The zero-order chi connectivity index (χ0) is 23.8. The molecule has 0 atom stereocenters. The summed E-state index contributed by atoms with van der Waals surface area (Å²) in [4.78, 5) is 13.1. The molecule has 11 heteroatoms. The average molecular weight is 457 g/mol. The zero-order valence-corrected chi connectivity index (χ0v) is 18.4. The first-order chi connectivity index (χ1) is 15.7. The summed E-state index contributed by atoms with van der Waals surface area (Å²) in [6.07, 6.45) is -0.940. The number of rotatable bonds is 6. The standard InChI is InChI=1S/C22H22F3N7O/c1-13(2)32-19(15-6-5-7-16(10-15)22(23,24)25)29-21(30-32)28-18-9-8-17(20(27-18)33-4)31-11-14(3)26-12-31/h5-13H,1-4H3,(H,27,28,30). The summed E-state index contributed by atoms with van der Waals surface area (Å²) in [6, 6.07) is 8.43. The van der Waals surface area contributed by atoms with Crippen molar-refractivity contribution in [3.05, 3.63) is 60.2 Å². The number of anilines is 2. The Bertz CT molecular complexity index is 1280. The highest BCUT2D eigenvalue weighted by Gasteiger charge is 2.31. The van der Waals surface area contributed by atoms with Crippen molar-refractivity contribution in [2.24, 2.45) is 0 Å². The third-order valence-electron chi connectivity index (χ3n) is 4.83. The van der Waals surface area contributed by atoms with E-state index in [9.17, 15) is 13.2 Å². The van der Waals surface area contributed by atoms with Gasteiger partial charge in [-0.25, -0.2) is 9.67 Å². The Balaban J connectivity index is 1.67. The molecule has 0 aliphatic rings. The summed E-state index contributed by atoms with van der Waals surface area (Å²) in [5.74, 6) is 1.30. The molecule has 0 amide bonds. The molecular formula is C22H22F3N7O. The van der Waals surface area contributed by atoms with Crippen molar-refractivity contribution >= 4 is 11.8 Å².